The number of amides is 1. The average Bonchev–Trinajstić information content (AvgIpc) is 2.68. The Balaban J connectivity index is 1.83. The molecule has 0 fully saturated rings. The first-order chi connectivity index (χ1) is 13.1. The molecular weight excluding hydrogens is 360 g/mol. The van der Waals surface area contributed by atoms with Crippen molar-refractivity contribution in [3.63, 3.8) is 0 Å². The predicted octanol–water partition coefficient (Wildman–Crippen LogP) is 4.78. The van der Waals surface area contributed by atoms with Crippen molar-refractivity contribution < 1.29 is 14.3 Å². The van der Waals surface area contributed by atoms with E-state index >= 15 is 0 Å². The molecule has 0 saturated carbocycles. The van der Waals surface area contributed by atoms with E-state index in [0.29, 0.717) is 18.8 Å². The Labute approximate surface area is 166 Å². The van der Waals surface area contributed by atoms with Crippen LogP contribution in [-0.2, 0) is 0 Å². The summed E-state index contributed by atoms with van der Waals surface area (Å²) in [5, 5.41) is 5.91. The van der Waals surface area contributed by atoms with Gasteiger partial charge in [0.15, 0.2) is 5.11 Å². The molecule has 27 heavy (non-hydrogen) atoms. The summed E-state index contributed by atoms with van der Waals surface area (Å²) in [6.07, 6.45) is 3.07. The number of carbonyl (C=O) groups excluding carboxylic acids is 1. The van der Waals surface area contributed by atoms with Crippen molar-refractivity contribution in [2.24, 2.45) is 0 Å². The van der Waals surface area contributed by atoms with Crippen LogP contribution in [0.15, 0.2) is 48.5 Å². The van der Waals surface area contributed by atoms with Gasteiger partial charge in [-0.15, -0.1) is 0 Å². The number of benzene rings is 2. The third-order valence-corrected chi connectivity index (χ3v) is 3.90. The normalized spacial score (nSPS) is 10.1. The zero-order chi connectivity index (χ0) is 19.5. The first-order valence-electron chi connectivity index (χ1n) is 9.20. The van der Waals surface area contributed by atoms with Gasteiger partial charge in [-0.05, 0) is 73.6 Å². The molecule has 0 bridgehead atoms. The fourth-order valence-electron chi connectivity index (χ4n) is 2.23. The molecule has 0 aliphatic rings. The summed E-state index contributed by atoms with van der Waals surface area (Å²) >= 11 is 5.21. The lowest BCUT2D eigenvalue weighted by Gasteiger charge is -2.11. The second-order valence-electron chi connectivity index (χ2n) is 6.01. The van der Waals surface area contributed by atoms with Crippen LogP contribution >= 0.6 is 12.2 Å². The molecule has 0 aromatic heterocycles. The second-order valence-corrected chi connectivity index (χ2v) is 6.42. The summed E-state index contributed by atoms with van der Waals surface area (Å²) in [7, 11) is 0. The van der Waals surface area contributed by atoms with Gasteiger partial charge >= 0.3 is 0 Å². The topological polar surface area (TPSA) is 59.6 Å². The first kappa shape index (κ1) is 20.7. The van der Waals surface area contributed by atoms with E-state index in [1.807, 2.05) is 31.2 Å². The highest BCUT2D eigenvalue weighted by molar-refractivity contribution is 7.80. The van der Waals surface area contributed by atoms with E-state index in [0.717, 1.165) is 36.4 Å². The Morgan fingerprint density at radius 1 is 0.889 bits per heavy atom. The largest absolute Gasteiger partial charge is 0.494 e. The van der Waals surface area contributed by atoms with E-state index in [9.17, 15) is 4.79 Å². The van der Waals surface area contributed by atoms with E-state index < -0.39 is 0 Å². The molecule has 0 radical (unpaired) electrons. The molecular formula is C21H26N2O3S. The van der Waals surface area contributed by atoms with Gasteiger partial charge in [-0.2, -0.15) is 0 Å². The minimum absolute atomic E-state index is 0.242. The van der Waals surface area contributed by atoms with Gasteiger partial charge in [0.25, 0.3) is 5.91 Å². The molecule has 144 valence electrons. The van der Waals surface area contributed by atoms with Crippen LogP contribution in [0.2, 0.25) is 0 Å². The lowest BCUT2D eigenvalue weighted by molar-refractivity contribution is 0.0977. The van der Waals surface area contributed by atoms with Gasteiger partial charge in [0.05, 0.1) is 13.2 Å². The van der Waals surface area contributed by atoms with Crippen molar-refractivity contribution in [1.29, 1.82) is 0 Å². The third-order valence-electron chi connectivity index (χ3n) is 3.70. The van der Waals surface area contributed by atoms with Gasteiger partial charge in [-0.3, -0.25) is 10.1 Å². The third kappa shape index (κ3) is 7.27. The average molecular weight is 387 g/mol. The summed E-state index contributed by atoms with van der Waals surface area (Å²) in [6, 6.07) is 14.4. The zero-order valence-corrected chi connectivity index (χ0v) is 16.6. The molecule has 2 N–H and O–H groups in total. The van der Waals surface area contributed by atoms with E-state index in [1.54, 1.807) is 24.3 Å². The van der Waals surface area contributed by atoms with Gasteiger partial charge < -0.3 is 14.8 Å². The maximum atomic E-state index is 12.3. The Morgan fingerprint density at radius 2 is 1.48 bits per heavy atom. The standard InChI is InChI=1S/C21H26N2O3S/c1-3-5-15-26-19-12-8-17(9-13-19)22-21(27)23-20(24)16-6-10-18(11-7-16)25-14-4-2/h6-13H,3-5,14-15H2,1-2H3,(H2,22,23,24,27). The summed E-state index contributed by atoms with van der Waals surface area (Å²) in [4.78, 5) is 12.3. The van der Waals surface area contributed by atoms with Crippen molar-refractivity contribution in [3.8, 4) is 11.5 Å². The number of rotatable bonds is 9. The number of thiocarbonyl (C=S) groups is 1. The number of nitrogens with one attached hydrogen (secondary N) is 2. The highest BCUT2D eigenvalue weighted by Crippen LogP contribution is 2.16. The van der Waals surface area contributed by atoms with Crippen molar-refractivity contribution in [3.05, 3.63) is 54.1 Å². The van der Waals surface area contributed by atoms with Crippen LogP contribution in [0.25, 0.3) is 0 Å². The quantitative estimate of drug-likeness (QED) is 0.480. The van der Waals surface area contributed by atoms with Crippen molar-refractivity contribution in [2.75, 3.05) is 18.5 Å². The van der Waals surface area contributed by atoms with Crippen LogP contribution < -0.4 is 20.1 Å². The molecule has 6 heteroatoms. The lowest BCUT2D eigenvalue weighted by Crippen LogP contribution is -2.34. The van der Waals surface area contributed by atoms with Crippen LogP contribution in [0.3, 0.4) is 0 Å². The van der Waals surface area contributed by atoms with E-state index in [-0.39, 0.29) is 11.0 Å². The molecule has 2 aromatic rings. The molecule has 5 nitrogen and oxygen atoms in total. The fourth-order valence-corrected chi connectivity index (χ4v) is 2.44. The van der Waals surface area contributed by atoms with Gasteiger partial charge in [0.2, 0.25) is 0 Å². The molecule has 2 aromatic carbocycles. The van der Waals surface area contributed by atoms with Crippen LogP contribution in [0.1, 0.15) is 43.5 Å². The number of anilines is 1. The Morgan fingerprint density at radius 3 is 2.07 bits per heavy atom. The maximum absolute atomic E-state index is 12.3. The summed E-state index contributed by atoms with van der Waals surface area (Å²) < 4.78 is 11.1. The van der Waals surface area contributed by atoms with Crippen LogP contribution in [-0.4, -0.2) is 24.2 Å². The van der Waals surface area contributed by atoms with Gasteiger partial charge in [0, 0.05) is 11.3 Å². The molecule has 0 unspecified atom stereocenters. The Hall–Kier alpha value is -2.60. The number of unbranched alkanes of at least 4 members (excludes halogenated alkanes) is 1. The van der Waals surface area contributed by atoms with Crippen LogP contribution in [0.5, 0.6) is 11.5 Å². The monoisotopic (exact) mass is 386 g/mol. The number of ether oxygens (including phenoxy) is 2. The predicted molar refractivity (Wildman–Crippen MR) is 113 cm³/mol. The summed E-state index contributed by atoms with van der Waals surface area (Å²) in [6.45, 7) is 5.53. The molecule has 0 saturated heterocycles. The highest BCUT2D eigenvalue weighted by atomic mass is 32.1. The fraction of sp³-hybridized carbons (Fsp3) is 0.333. The number of carbonyl (C=O) groups is 1. The highest BCUT2D eigenvalue weighted by Gasteiger charge is 2.08. The number of hydrogen-bond donors (Lipinski definition) is 2. The smallest absolute Gasteiger partial charge is 0.257 e. The minimum atomic E-state index is -0.269. The van der Waals surface area contributed by atoms with Crippen LogP contribution in [0, 0.1) is 0 Å². The zero-order valence-electron chi connectivity index (χ0n) is 15.8. The molecule has 0 atom stereocenters. The van der Waals surface area contributed by atoms with Gasteiger partial charge in [-0.25, -0.2) is 0 Å². The SMILES string of the molecule is CCCCOc1ccc(NC(=S)NC(=O)c2ccc(OCCC)cc2)cc1. The van der Waals surface area contributed by atoms with Gasteiger partial charge in [-0.1, -0.05) is 20.3 Å². The molecule has 0 aliphatic carbocycles. The van der Waals surface area contributed by atoms with Crippen molar-refractivity contribution in [2.45, 2.75) is 33.1 Å². The Bertz CT molecular complexity index is 730. The molecule has 0 spiro atoms. The summed E-state index contributed by atoms with van der Waals surface area (Å²) in [5.74, 6) is 1.29. The maximum Gasteiger partial charge on any atom is 0.257 e. The first-order valence-corrected chi connectivity index (χ1v) is 9.61. The van der Waals surface area contributed by atoms with Crippen LogP contribution in [0.4, 0.5) is 5.69 Å². The van der Waals surface area contributed by atoms with E-state index in [2.05, 4.69) is 17.6 Å². The van der Waals surface area contributed by atoms with Crippen molar-refractivity contribution in [1.82, 2.24) is 5.32 Å². The summed E-state index contributed by atoms with van der Waals surface area (Å²) in [5.41, 5.74) is 1.30. The lowest BCUT2D eigenvalue weighted by atomic mass is 10.2. The molecule has 2 rings (SSSR count). The van der Waals surface area contributed by atoms with Crippen molar-refractivity contribution >= 4 is 28.9 Å². The minimum Gasteiger partial charge on any atom is -0.494 e. The number of hydrogen-bond acceptors (Lipinski definition) is 4. The molecule has 0 heterocycles. The molecule has 1 amide bonds. The molecule has 0 aliphatic heterocycles. The van der Waals surface area contributed by atoms with E-state index in [1.165, 1.54) is 0 Å². The second kappa shape index (κ2) is 11.2. The van der Waals surface area contributed by atoms with E-state index in [4.69, 9.17) is 21.7 Å². The Kier molecular flexibility index (Phi) is 8.58. The van der Waals surface area contributed by atoms with Gasteiger partial charge in [0.1, 0.15) is 11.5 Å².